The average molecular weight is 256 g/mol. The molecule has 1 aromatic carbocycles. The molecule has 0 bridgehead atoms. The number of hydrogen-bond donors (Lipinski definition) is 2. The summed E-state index contributed by atoms with van der Waals surface area (Å²) < 4.78 is 36.5. The second-order valence-corrected chi connectivity index (χ2v) is 3.24. The van der Waals surface area contributed by atoms with E-state index in [0.717, 1.165) is 12.1 Å². The van der Waals surface area contributed by atoms with Gasteiger partial charge < -0.3 is 10.8 Å². The van der Waals surface area contributed by atoms with Gasteiger partial charge in [-0.05, 0) is 22.0 Å². The topological polar surface area (TPSA) is 46.2 Å². The zero-order valence-corrected chi connectivity index (χ0v) is 7.78. The van der Waals surface area contributed by atoms with Gasteiger partial charge in [0.15, 0.2) is 0 Å². The van der Waals surface area contributed by atoms with E-state index < -0.39 is 17.4 Å². The maximum atomic E-state index is 12.2. The van der Waals surface area contributed by atoms with Gasteiger partial charge in [-0.2, -0.15) is 13.2 Å². The minimum atomic E-state index is -4.52. The lowest BCUT2D eigenvalue weighted by Gasteiger charge is -2.11. The summed E-state index contributed by atoms with van der Waals surface area (Å²) in [5.74, 6) is -0.308. The number of aromatic hydroxyl groups is 1. The third kappa shape index (κ3) is 2.06. The Kier molecular flexibility index (Phi) is 2.42. The Hall–Kier alpha value is -0.910. The molecule has 0 heterocycles. The van der Waals surface area contributed by atoms with Crippen molar-refractivity contribution in [3.8, 4) is 5.75 Å². The van der Waals surface area contributed by atoms with Crippen LogP contribution in [-0.4, -0.2) is 5.11 Å². The van der Waals surface area contributed by atoms with Gasteiger partial charge >= 0.3 is 6.18 Å². The summed E-state index contributed by atoms with van der Waals surface area (Å²) in [5, 5.41) is 8.91. The second-order valence-electron chi connectivity index (χ2n) is 2.39. The van der Waals surface area contributed by atoms with Crippen LogP contribution in [0.4, 0.5) is 18.9 Å². The third-order valence-electron chi connectivity index (χ3n) is 1.39. The summed E-state index contributed by atoms with van der Waals surface area (Å²) in [7, 11) is 0. The normalized spacial score (nSPS) is 11.7. The molecule has 0 fully saturated rings. The number of phenols is 1. The van der Waals surface area contributed by atoms with Gasteiger partial charge in [0.05, 0.1) is 5.56 Å². The van der Waals surface area contributed by atoms with E-state index in [1.54, 1.807) is 0 Å². The molecule has 1 aromatic rings. The largest absolute Gasteiger partial charge is 0.508 e. The van der Waals surface area contributed by atoms with Crippen LogP contribution in [0.15, 0.2) is 16.6 Å². The van der Waals surface area contributed by atoms with Crippen LogP contribution in [0.1, 0.15) is 5.56 Å². The first kappa shape index (κ1) is 10.2. The molecule has 0 spiro atoms. The minimum Gasteiger partial charge on any atom is -0.508 e. The molecule has 1 rings (SSSR count). The summed E-state index contributed by atoms with van der Waals surface area (Å²) in [6.45, 7) is 0. The van der Waals surface area contributed by atoms with Crippen LogP contribution in [0.2, 0.25) is 0 Å². The molecule has 0 aromatic heterocycles. The van der Waals surface area contributed by atoms with Crippen molar-refractivity contribution in [3.63, 3.8) is 0 Å². The summed E-state index contributed by atoms with van der Waals surface area (Å²) in [4.78, 5) is 0. The smallest absolute Gasteiger partial charge is 0.419 e. The quantitative estimate of drug-likeness (QED) is 0.701. The zero-order chi connectivity index (χ0) is 10.2. The predicted octanol–water partition coefficient (Wildman–Crippen LogP) is 2.76. The van der Waals surface area contributed by atoms with Gasteiger partial charge in [-0.15, -0.1) is 0 Å². The van der Waals surface area contributed by atoms with Crippen LogP contribution >= 0.6 is 15.9 Å². The second kappa shape index (κ2) is 3.10. The fourth-order valence-corrected chi connectivity index (χ4v) is 1.60. The maximum Gasteiger partial charge on any atom is 0.419 e. The molecule has 0 aliphatic carbocycles. The Morgan fingerprint density at radius 2 is 1.85 bits per heavy atom. The Labute approximate surface area is 80.3 Å². The lowest BCUT2D eigenvalue weighted by molar-refractivity contribution is -0.137. The van der Waals surface area contributed by atoms with Gasteiger partial charge in [-0.25, -0.2) is 0 Å². The molecule has 3 N–H and O–H groups in total. The Morgan fingerprint density at radius 1 is 1.31 bits per heavy atom. The van der Waals surface area contributed by atoms with Crippen LogP contribution in [0, 0.1) is 0 Å². The van der Waals surface area contributed by atoms with Crippen molar-refractivity contribution in [2.75, 3.05) is 5.73 Å². The van der Waals surface area contributed by atoms with Gasteiger partial charge in [0.1, 0.15) is 5.75 Å². The molecule has 0 radical (unpaired) electrons. The Bertz CT molecular complexity index is 314. The fraction of sp³-hybridized carbons (Fsp3) is 0.143. The van der Waals surface area contributed by atoms with E-state index in [4.69, 9.17) is 10.8 Å². The van der Waals surface area contributed by atoms with E-state index >= 15 is 0 Å². The maximum absolute atomic E-state index is 12.2. The fourth-order valence-electron chi connectivity index (χ4n) is 0.912. The summed E-state index contributed by atoms with van der Waals surface area (Å²) >= 11 is 2.67. The van der Waals surface area contributed by atoms with Crippen molar-refractivity contribution < 1.29 is 18.3 Å². The number of phenolic OH excluding ortho intramolecular Hbond substituents is 1. The predicted molar refractivity (Wildman–Crippen MR) is 45.2 cm³/mol. The summed E-state index contributed by atoms with van der Waals surface area (Å²) in [6.07, 6.45) is -4.52. The van der Waals surface area contributed by atoms with Gasteiger partial charge in [-0.1, -0.05) is 0 Å². The minimum absolute atomic E-state index is 0.266. The highest BCUT2D eigenvalue weighted by atomic mass is 79.9. The number of benzene rings is 1. The molecular formula is C7H5BrF3NO. The van der Waals surface area contributed by atoms with E-state index in [-0.39, 0.29) is 10.2 Å². The van der Waals surface area contributed by atoms with Crippen LogP contribution in [0.25, 0.3) is 0 Å². The van der Waals surface area contributed by atoms with Crippen LogP contribution in [-0.2, 0) is 6.18 Å². The number of nitrogens with two attached hydrogens (primary N) is 1. The third-order valence-corrected chi connectivity index (χ3v) is 2.01. The highest BCUT2D eigenvalue weighted by Crippen LogP contribution is 2.40. The first-order valence-corrected chi connectivity index (χ1v) is 3.97. The van der Waals surface area contributed by atoms with E-state index in [1.807, 2.05) is 0 Å². The monoisotopic (exact) mass is 255 g/mol. The first-order valence-electron chi connectivity index (χ1n) is 3.17. The molecule has 0 atom stereocenters. The van der Waals surface area contributed by atoms with Crippen molar-refractivity contribution >= 4 is 21.6 Å². The van der Waals surface area contributed by atoms with Crippen molar-refractivity contribution in [1.29, 1.82) is 0 Å². The molecular weight excluding hydrogens is 251 g/mol. The number of nitrogen functional groups attached to an aromatic ring is 1. The van der Waals surface area contributed by atoms with Crippen molar-refractivity contribution in [2.45, 2.75) is 6.18 Å². The molecule has 0 aliphatic heterocycles. The van der Waals surface area contributed by atoms with E-state index in [2.05, 4.69) is 15.9 Å². The van der Waals surface area contributed by atoms with Gasteiger partial charge in [0.2, 0.25) is 0 Å². The zero-order valence-electron chi connectivity index (χ0n) is 6.19. The summed E-state index contributed by atoms with van der Waals surface area (Å²) in [6, 6.07) is 1.80. The highest BCUT2D eigenvalue weighted by Gasteiger charge is 2.35. The molecule has 72 valence electrons. The lowest BCUT2D eigenvalue weighted by atomic mass is 10.1. The van der Waals surface area contributed by atoms with E-state index in [9.17, 15) is 13.2 Å². The molecule has 0 saturated carbocycles. The standard InChI is InChI=1S/C7H5BrF3NO/c8-4-1-3(13)2-5(12)6(4)7(9,10)11/h1-2,13H,12H2. The number of hydrogen-bond acceptors (Lipinski definition) is 2. The van der Waals surface area contributed by atoms with Crippen LogP contribution in [0.3, 0.4) is 0 Å². The molecule has 13 heavy (non-hydrogen) atoms. The Balaban J connectivity index is 3.38. The van der Waals surface area contributed by atoms with Gasteiger partial charge in [-0.3, -0.25) is 0 Å². The van der Waals surface area contributed by atoms with Crippen molar-refractivity contribution in [2.24, 2.45) is 0 Å². The molecule has 0 saturated heterocycles. The average Bonchev–Trinajstić information content (AvgIpc) is 1.78. The lowest BCUT2D eigenvalue weighted by Crippen LogP contribution is -2.09. The van der Waals surface area contributed by atoms with Crippen molar-refractivity contribution in [1.82, 2.24) is 0 Å². The van der Waals surface area contributed by atoms with Gasteiger partial charge in [0, 0.05) is 16.2 Å². The van der Waals surface area contributed by atoms with Crippen LogP contribution < -0.4 is 5.73 Å². The molecule has 6 heteroatoms. The van der Waals surface area contributed by atoms with Gasteiger partial charge in [0.25, 0.3) is 0 Å². The van der Waals surface area contributed by atoms with Crippen molar-refractivity contribution in [3.05, 3.63) is 22.2 Å². The molecule has 0 aliphatic rings. The number of anilines is 1. The SMILES string of the molecule is Nc1cc(O)cc(Br)c1C(F)(F)F. The van der Waals surface area contributed by atoms with E-state index in [1.165, 1.54) is 0 Å². The molecule has 2 nitrogen and oxygen atoms in total. The Morgan fingerprint density at radius 3 is 2.23 bits per heavy atom. The number of halogens is 4. The summed E-state index contributed by atoms with van der Waals surface area (Å²) in [5.41, 5.74) is 3.63. The molecule has 0 unspecified atom stereocenters. The first-order chi connectivity index (χ1) is 5.82. The van der Waals surface area contributed by atoms with Crippen LogP contribution in [0.5, 0.6) is 5.75 Å². The highest BCUT2D eigenvalue weighted by molar-refractivity contribution is 9.10. The number of alkyl halides is 3. The molecule has 0 amide bonds. The number of rotatable bonds is 0. The van der Waals surface area contributed by atoms with E-state index in [0.29, 0.717) is 0 Å².